The quantitative estimate of drug-likeness (QED) is 0.331. The third kappa shape index (κ3) is 3.30. The van der Waals surface area contributed by atoms with Crippen molar-refractivity contribution in [2.75, 3.05) is 0 Å². The van der Waals surface area contributed by atoms with Crippen LogP contribution in [0.4, 0.5) is 0 Å². The van der Waals surface area contributed by atoms with Gasteiger partial charge in [0.2, 0.25) is 0 Å². The lowest BCUT2D eigenvalue weighted by Crippen LogP contribution is -2.23. The second kappa shape index (κ2) is 6.63. The molecule has 0 aliphatic heterocycles. The van der Waals surface area contributed by atoms with Crippen molar-refractivity contribution in [1.29, 1.82) is 0 Å². The van der Waals surface area contributed by atoms with Crippen LogP contribution in [0.1, 0.15) is 29.8 Å². The maximum atomic E-state index is 8.76. The van der Waals surface area contributed by atoms with Crippen molar-refractivity contribution in [3.8, 4) is 0 Å². The number of nitrogens with one attached hydrogen (secondary N) is 1. The molecule has 104 valence electrons. The molecular formula is C14H17N5O. The highest BCUT2D eigenvalue weighted by molar-refractivity contribution is 5.96. The number of hydrogen-bond acceptors (Lipinski definition) is 5. The van der Waals surface area contributed by atoms with Gasteiger partial charge in [0.25, 0.3) is 0 Å². The van der Waals surface area contributed by atoms with Crippen LogP contribution in [0.15, 0.2) is 48.0 Å². The zero-order valence-corrected chi connectivity index (χ0v) is 11.2. The van der Waals surface area contributed by atoms with Gasteiger partial charge in [0.1, 0.15) is 5.69 Å². The van der Waals surface area contributed by atoms with Crippen molar-refractivity contribution >= 4 is 5.84 Å². The first-order chi connectivity index (χ1) is 9.72. The van der Waals surface area contributed by atoms with E-state index in [4.69, 9.17) is 10.9 Å². The molecule has 6 nitrogen and oxygen atoms in total. The van der Waals surface area contributed by atoms with Gasteiger partial charge in [-0.25, -0.2) is 0 Å². The van der Waals surface area contributed by atoms with E-state index in [0.717, 1.165) is 11.1 Å². The predicted molar refractivity (Wildman–Crippen MR) is 76.2 cm³/mol. The molecule has 0 aliphatic carbocycles. The number of aromatic nitrogens is 2. The van der Waals surface area contributed by atoms with Crippen LogP contribution < -0.4 is 11.1 Å². The molecule has 0 bridgehead atoms. The van der Waals surface area contributed by atoms with Crippen molar-refractivity contribution in [1.82, 2.24) is 15.3 Å². The molecule has 1 unspecified atom stereocenters. The molecule has 4 N–H and O–H groups in total. The molecule has 0 saturated heterocycles. The zero-order valence-electron chi connectivity index (χ0n) is 11.2. The fourth-order valence-electron chi connectivity index (χ4n) is 1.87. The third-order valence-electron chi connectivity index (χ3n) is 3.02. The van der Waals surface area contributed by atoms with Crippen LogP contribution in [0.25, 0.3) is 0 Å². The molecule has 6 heteroatoms. The molecule has 0 spiro atoms. The van der Waals surface area contributed by atoms with Crippen molar-refractivity contribution in [3.05, 3.63) is 59.7 Å². The second-order valence-electron chi connectivity index (χ2n) is 4.39. The molecule has 0 radical (unpaired) electrons. The van der Waals surface area contributed by atoms with Gasteiger partial charge in [0, 0.05) is 31.2 Å². The Hall–Kier alpha value is -2.47. The first-order valence-electron chi connectivity index (χ1n) is 6.27. The Morgan fingerprint density at radius 1 is 1.40 bits per heavy atom. The lowest BCUT2D eigenvalue weighted by Gasteiger charge is -2.15. The Balaban J connectivity index is 2.08. The van der Waals surface area contributed by atoms with E-state index < -0.39 is 0 Å². The van der Waals surface area contributed by atoms with E-state index in [1.54, 1.807) is 12.4 Å². The van der Waals surface area contributed by atoms with Crippen LogP contribution in [0.5, 0.6) is 0 Å². The molecule has 2 aromatic rings. The van der Waals surface area contributed by atoms with Gasteiger partial charge in [-0.3, -0.25) is 9.97 Å². The third-order valence-corrected chi connectivity index (χ3v) is 3.02. The SMILES string of the molecule is CC(NCc1cccnc1C(N)=NO)c1cccnc1. The first-order valence-corrected chi connectivity index (χ1v) is 6.27. The summed E-state index contributed by atoms with van der Waals surface area (Å²) in [5.74, 6) is 0.0106. The molecule has 20 heavy (non-hydrogen) atoms. The fraction of sp³-hybridized carbons (Fsp3) is 0.214. The summed E-state index contributed by atoms with van der Waals surface area (Å²) in [5.41, 5.74) is 8.07. The lowest BCUT2D eigenvalue weighted by atomic mass is 10.1. The Bertz CT molecular complexity index is 585. The van der Waals surface area contributed by atoms with Crippen LogP contribution >= 0.6 is 0 Å². The average Bonchev–Trinajstić information content (AvgIpc) is 2.53. The van der Waals surface area contributed by atoms with Crippen molar-refractivity contribution in [2.24, 2.45) is 10.9 Å². The van der Waals surface area contributed by atoms with Crippen LogP contribution in [0.2, 0.25) is 0 Å². The number of pyridine rings is 2. The van der Waals surface area contributed by atoms with E-state index in [1.165, 1.54) is 0 Å². The number of nitrogens with zero attached hydrogens (tertiary/aromatic N) is 3. The van der Waals surface area contributed by atoms with Crippen LogP contribution in [0.3, 0.4) is 0 Å². The molecule has 0 aromatic carbocycles. The molecule has 0 aliphatic rings. The van der Waals surface area contributed by atoms with Gasteiger partial charge in [0.15, 0.2) is 5.84 Å². The summed E-state index contributed by atoms with van der Waals surface area (Å²) >= 11 is 0. The number of hydrogen-bond donors (Lipinski definition) is 3. The molecule has 2 aromatic heterocycles. The molecular weight excluding hydrogens is 254 g/mol. The predicted octanol–water partition coefficient (Wildman–Crippen LogP) is 1.42. The Morgan fingerprint density at radius 2 is 2.20 bits per heavy atom. The van der Waals surface area contributed by atoms with Gasteiger partial charge in [-0.1, -0.05) is 17.3 Å². The minimum absolute atomic E-state index is 0.0106. The second-order valence-corrected chi connectivity index (χ2v) is 4.39. The van der Waals surface area contributed by atoms with Gasteiger partial charge in [-0.15, -0.1) is 0 Å². The summed E-state index contributed by atoms with van der Waals surface area (Å²) in [7, 11) is 0. The fourth-order valence-corrected chi connectivity index (χ4v) is 1.87. The number of rotatable bonds is 5. The van der Waals surface area contributed by atoms with Crippen molar-refractivity contribution in [2.45, 2.75) is 19.5 Å². The van der Waals surface area contributed by atoms with Gasteiger partial charge < -0.3 is 16.3 Å². The van der Waals surface area contributed by atoms with Crippen molar-refractivity contribution in [3.63, 3.8) is 0 Å². The van der Waals surface area contributed by atoms with Gasteiger partial charge in [-0.2, -0.15) is 0 Å². The summed E-state index contributed by atoms with van der Waals surface area (Å²) in [6.07, 6.45) is 5.18. The van der Waals surface area contributed by atoms with E-state index in [-0.39, 0.29) is 11.9 Å². The van der Waals surface area contributed by atoms with Crippen molar-refractivity contribution < 1.29 is 5.21 Å². The molecule has 0 fully saturated rings. The first kappa shape index (κ1) is 14.0. The maximum Gasteiger partial charge on any atom is 0.189 e. The average molecular weight is 271 g/mol. The van der Waals surface area contributed by atoms with E-state index in [2.05, 4.69) is 27.4 Å². The van der Waals surface area contributed by atoms with E-state index in [1.807, 2.05) is 30.5 Å². The molecule has 2 heterocycles. The van der Waals surface area contributed by atoms with E-state index in [0.29, 0.717) is 12.2 Å². The van der Waals surface area contributed by atoms with E-state index in [9.17, 15) is 0 Å². The van der Waals surface area contributed by atoms with Crippen LogP contribution in [0, 0.1) is 0 Å². The van der Waals surface area contributed by atoms with E-state index >= 15 is 0 Å². The van der Waals surface area contributed by atoms with Gasteiger partial charge in [-0.05, 0) is 30.2 Å². The summed E-state index contributed by atoms with van der Waals surface area (Å²) < 4.78 is 0. The lowest BCUT2D eigenvalue weighted by molar-refractivity contribution is 0.318. The largest absolute Gasteiger partial charge is 0.409 e. The standard InChI is InChI=1S/C14H17N5O/c1-10(11-4-2-6-16-8-11)18-9-12-5-3-7-17-13(12)14(15)19-20/h2-8,10,18,20H,9H2,1H3,(H2,15,19). The highest BCUT2D eigenvalue weighted by Gasteiger charge is 2.10. The minimum Gasteiger partial charge on any atom is -0.409 e. The number of amidine groups is 1. The Morgan fingerprint density at radius 3 is 2.90 bits per heavy atom. The zero-order chi connectivity index (χ0) is 14.4. The topological polar surface area (TPSA) is 96.4 Å². The summed E-state index contributed by atoms with van der Waals surface area (Å²) in [5, 5.41) is 15.1. The number of nitrogens with two attached hydrogens (primary N) is 1. The minimum atomic E-state index is 0.0106. The van der Waals surface area contributed by atoms with Gasteiger partial charge >= 0.3 is 0 Å². The Kier molecular flexibility index (Phi) is 4.62. The van der Waals surface area contributed by atoms with Gasteiger partial charge in [0.05, 0.1) is 0 Å². The monoisotopic (exact) mass is 271 g/mol. The summed E-state index contributed by atoms with van der Waals surface area (Å²) in [4.78, 5) is 8.23. The summed E-state index contributed by atoms with van der Waals surface area (Å²) in [6.45, 7) is 2.62. The molecule has 1 atom stereocenters. The maximum absolute atomic E-state index is 8.76. The summed E-state index contributed by atoms with van der Waals surface area (Å²) in [6, 6.07) is 7.77. The number of oxime groups is 1. The Labute approximate surface area is 117 Å². The highest BCUT2D eigenvalue weighted by atomic mass is 16.4. The van der Waals surface area contributed by atoms with Crippen LogP contribution in [-0.2, 0) is 6.54 Å². The smallest absolute Gasteiger partial charge is 0.189 e. The highest BCUT2D eigenvalue weighted by Crippen LogP contribution is 2.12. The normalized spacial score (nSPS) is 13.2. The van der Waals surface area contributed by atoms with Crippen LogP contribution in [-0.4, -0.2) is 21.0 Å². The molecule has 0 saturated carbocycles. The molecule has 2 rings (SSSR count). The molecule has 0 amide bonds.